The maximum Gasteiger partial charge on any atom is 0.233 e. The molecule has 2 atom stereocenters. The van der Waals surface area contributed by atoms with Crippen molar-refractivity contribution in [3.8, 4) is 0 Å². The topological polar surface area (TPSA) is 55.1 Å². The van der Waals surface area contributed by atoms with Crippen LogP contribution in [0.2, 0.25) is 0 Å². The molecule has 1 aliphatic carbocycles. The summed E-state index contributed by atoms with van der Waals surface area (Å²) in [5, 5.41) is 2.99. The van der Waals surface area contributed by atoms with Gasteiger partial charge in [0.15, 0.2) is 0 Å². The molecular formula is C10H20N2O. The molecular weight excluding hydrogens is 164 g/mol. The fourth-order valence-electron chi connectivity index (χ4n) is 1.97. The minimum absolute atomic E-state index is 0.0150. The van der Waals surface area contributed by atoms with Crippen LogP contribution in [0.1, 0.15) is 39.0 Å². The van der Waals surface area contributed by atoms with Crippen molar-refractivity contribution in [2.45, 2.75) is 45.1 Å². The van der Waals surface area contributed by atoms with Crippen molar-refractivity contribution in [3.63, 3.8) is 0 Å². The van der Waals surface area contributed by atoms with Crippen LogP contribution in [-0.2, 0) is 4.79 Å². The smallest absolute Gasteiger partial charge is 0.233 e. The second kappa shape index (κ2) is 5.22. The average Bonchev–Trinajstić information content (AvgIpc) is 2.32. The van der Waals surface area contributed by atoms with E-state index in [4.69, 9.17) is 5.73 Å². The molecule has 1 rings (SSSR count). The Morgan fingerprint density at radius 3 is 2.77 bits per heavy atom. The first-order valence-corrected chi connectivity index (χ1v) is 5.23. The fourth-order valence-corrected chi connectivity index (χ4v) is 1.97. The molecule has 0 aromatic carbocycles. The molecule has 0 aromatic heterocycles. The number of carbonyl (C=O) groups is 1. The highest BCUT2D eigenvalue weighted by atomic mass is 16.1. The summed E-state index contributed by atoms with van der Waals surface area (Å²) in [5.41, 5.74) is 5.26. The van der Waals surface area contributed by atoms with Crippen LogP contribution in [0, 0.1) is 5.92 Å². The number of rotatable bonds is 2. The molecule has 0 aromatic rings. The Hall–Kier alpha value is -0.570. The zero-order valence-corrected chi connectivity index (χ0v) is 8.38. The molecule has 0 heterocycles. The molecule has 3 nitrogen and oxygen atoms in total. The zero-order chi connectivity index (χ0) is 9.68. The molecule has 0 spiro atoms. The van der Waals surface area contributed by atoms with Gasteiger partial charge in [-0.1, -0.05) is 26.2 Å². The molecule has 3 N–H and O–H groups in total. The quantitative estimate of drug-likeness (QED) is 0.630. The largest absolute Gasteiger partial charge is 0.352 e. The molecule has 0 aliphatic heterocycles. The summed E-state index contributed by atoms with van der Waals surface area (Å²) in [7, 11) is 0. The summed E-state index contributed by atoms with van der Waals surface area (Å²) in [4.78, 5) is 11.1. The molecule has 0 bridgehead atoms. The van der Waals surface area contributed by atoms with Crippen LogP contribution in [0.3, 0.4) is 0 Å². The Morgan fingerprint density at radius 2 is 2.08 bits per heavy atom. The third kappa shape index (κ3) is 3.35. The predicted octanol–water partition coefficient (Wildman–Crippen LogP) is 1.03. The van der Waals surface area contributed by atoms with Gasteiger partial charge in [0, 0.05) is 6.04 Å². The summed E-state index contributed by atoms with van der Waals surface area (Å²) in [5.74, 6) is 0.594. The van der Waals surface area contributed by atoms with Gasteiger partial charge in [0.25, 0.3) is 0 Å². The predicted molar refractivity (Wildman–Crippen MR) is 53.2 cm³/mol. The van der Waals surface area contributed by atoms with Gasteiger partial charge in [-0.05, 0) is 18.8 Å². The number of amides is 1. The van der Waals surface area contributed by atoms with Crippen molar-refractivity contribution >= 4 is 5.91 Å². The lowest BCUT2D eigenvalue weighted by Gasteiger charge is -2.22. The van der Waals surface area contributed by atoms with Gasteiger partial charge in [-0.15, -0.1) is 0 Å². The standard InChI is InChI=1S/C10H20N2O/c1-8-5-3-2-4-6-9(8)12-10(13)7-11/h8-9H,2-7,11H2,1H3,(H,12,13). The molecule has 1 fully saturated rings. The van der Waals surface area contributed by atoms with Gasteiger partial charge >= 0.3 is 0 Å². The maximum absolute atomic E-state index is 11.1. The first-order valence-electron chi connectivity index (χ1n) is 5.23. The zero-order valence-electron chi connectivity index (χ0n) is 8.38. The van der Waals surface area contributed by atoms with Crippen LogP contribution < -0.4 is 11.1 Å². The van der Waals surface area contributed by atoms with Crippen molar-refractivity contribution in [2.24, 2.45) is 11.7 Å². The molecule has 76 valence electrons. The van der Waals surface area contributed by atoms with Crippen LogP contribution in [-0.4, -0.2) is 18.5 Å². The van der Waals surface area contributed by atoms with E-state index in [2.05, 4.69) is 12.2 Å². The van der Waals surface area contributed by atoms with E-state index >= 15 is 0 Å². The van der Waals surface area contributed by atoms with Gasteiger partial charge in [-0.25, -0.2) is 0 Å². The Bertz CT molecular complexity index is 170. The van der Waals surface area contributed by atoms with Crippen LogP contribution in [0.4, 0.5) is 0 Å². The summed E-state index contributed by atoms with van der Waals surface area (Å²) in [6.07, 6.45) is 6.19. The van der Waals surface area contributed by atoms with Gasteiger partial charge in [-0.3, -0.25) is 4.79 Å². The molecule has 0 radical (unpaired) electrons. The van der Waals surface area contributed by atoms with Gasteiger partial charge in [-0.2, -0.15) is 0 Å². The van der Waals surface area contributed by atoms with Gasteiger partial charge in [0.05, 0.1) is 6.54 Å². The fraction of sp³-hybridized carbons (Fsp3) is 0.900. The van der Waals surface area contributed by atoms with E-state index < -0.39 is 0 Å². The summed E-state index contributed by atoms with van der Waals surface area (Å²) >= 11 is 0. The first-order chi connectivity index (χ1) is 6.24. The van der Waals surface area contributed by atoms with Crippen molar-refractivity contribution in [1.29, 1.82) is 0 Å². The van der Waals surface area contributed by atoms with E-state index in [0.717, 1.165) is 6.42 Å². The van der Waals surface area contributed by atoms with E-state index in [1.165, 1.54) is 25.7 Å². The summed E-state index contributed by atoms with van der Waals surface area (Å²) < 4.78 is 0. The van der Waals surface area contributed by atoms with Crippen molar-refractivity contribution < 1.29 is 4.79 Å². The number of carbonyl (C=O) groups excluding carboxylic acids is 1. The highest BCUT2D eigenvalue weighted by Crippen LogP contribution is 2.22. The van der Waals surface area contributed by atoms with Gasteiger partial charge in [0.1, 0.15) is 0 Å². The maximum atomic E-state index is 11.1. The molecule has 1 saturated carbocycles. The lowest BCUT2D eigenvalue weighted by atomic mass is 9.97. The van der Waals surface area contributed by atoms with Crippen LogP contribution >= 0.6 is 0 Å². The van der Waals surface area contributed by atoms with E-state index in [9.17, 15) is 4.79 Å². The number of nitrogens with two attached hydrogens (primary N) is 1. The molecule has 0 saturated heterocycles. The number of nitrogens with one attached hydrogen (secondary N) is 1. The number of hydrogen-bond donors (Lipinski definition) is 2. The Kier molecular flexibility index (Phi) is 4.22. The minimum atomic E-state index is -0.0150. The summed E-state index contributed by atoms with van der Waals surface area (Å²) in [6.45, 7) is 2.33. The highest BCUT2D eigenvalue weighted by Gasteiger charge is 2.20. The summed E-state index contributed by atoms with van der Waals surface area (Å²) in [6, 6.07) is 0.360. The minimum Gasteiger partial charge on any atom is -0.352 e. The second-order valence-corrected chi connectivity index (χ2v) is 3.99. The van der Waals surface area contributed by atoms with E-state index in [-0.39, 0.29) is 12.5 Å². The van der Waals surface area contributed by atoms with E-state index in [1.54, 1.807) is 0 Å². The second-order valence-electron chi connectivity index (χ2n) is 3.99. The third-order valence-electron chi connectivity index (χ3n) is 2.89. The third-order valence-corrected chi connectivity index (χ3v) is 2.89. The Balaban J connectivity index is 2.40. The molecule has 1 amide bonds. The van der Waals surface area contributed by atoms with Gasteiger partial charge < -0.3 is 11.1 Å². The number of hydrogen-bond acceptors (Lipinski definition) is 2. The molecule has 3 heteroatoms. The van der Waals surface area contributed by atoms with Crippen LogP contribution in [0.15, 0.2) is 0 Å². The lowest BCUT2D eigenvalue weighted by molar-refractivity contribution is -0.120. The van der Waals surface area contributed by atoms with Crippen LogP contribution in [0.5, 0.6) is 0 Å². The average molecular weight is 184 g/mol. The lowest BCUT2D eigenvalue weighted by Crippen LogP contribution is -2.41. The molecule has 13 heavy (non-hydrogen) atoms. The Morgan fingerprint density at radius 1 is 1.38 bits per heavy atom. The van der Waals surface area contributed by atoms with Crippen molar-refractivity contribution in [2.75, 3.05) is 6.54 Å². The van der Waals surface area contributed by atoms with Crippen molar-refractivity contribution in [3.05, 3.63) is 0 Å². The van der Waals surface area contributed by atoms with Crippen molar-refractivity contribution in [1.82, 2.24) is 5.32 Å². The van der Waals surface area contributed by atoms with E-state index in [0.29, 0.717) is 12.0 Å². The molecule has 1 aliphatic rings. The van der Waals surface area contributed by atoms with Gasteiger partial charge in [0.2, 0.25) is 5.91 Å². The normalized spacial score (nSPS) is 29.4. The Labute approximate surface area is 80.1 Å². The van der Waals surface area contributed by atoms with Crippen LogP contribution in [0.25, 0.3) is 0 Å². The monoisotopic (exact) mass is 184 g/mol. The molecule has 2 unspecified atom stereocenters. The van der Waals surface area contributed by atoms with E-state index in [1.807, 2.05) is 0 Å². The highest BCUT2D eigenvalue weighted by molar-refractivity contribution is 5.78. The SMILES string of the molecule is CC1CCCCCC1NC(=O)CN. The first kappa shape index (κ1) is 10.5.